The summed E-state index contributed by atoms with van der Waals surface area (Å²) < 4.78 is 127. The number of ketones is 1. The summed E-state index contributed by atoms with van der Waals surface area (Å²) in [6, 6.07) is 3.41. The van der Waals surface area contributed by atoms with Crippen LogP contribution < -0.4 is 4.90 Å². The molecule has 2 aromatic rings. The Bertz CT molecular complexity index is 1250. The van der Waals surface area contributed by atoms with Gasteiger partial charge in [0.2, 0.25) is 0 Å². The van der Waals surface area contributed by atoms with Crippen molar-refractivity contribution in [1.29, 1.82) is 0 Å². The number of amides is 1. The number of hydrogen-bond acceptors (Lipinski definition) is 3. The Morgan fingerprint density at radius 1 is 0.900 bits per heavy atom. The van der Waals surface area contributed by atoms with E-state index in [2.05, 4.69) is 0 Å². The van der Waals surface area contributed by atoms with Gasteiger partial charge in [0.1, 0.15) is 5.78 Å². The highest BCUT2D eigenvalue weighted by atomic mass is 19.4. The molecule has 2 atom stereocenters. The lowest BCUT2D eigenvalue weighted by Crippen LogP contribution is -2.58. The molecule has 4 nitrogen and oxygen atoms in total. The Morgan fingerprint density at radius 3 is 1.85 bits per heavy atom. The smallest absolute Gasteiger partial charge is 0.416 e. The van der Waals surface area contributed by atoms with E-state index in [4.69, 9.17) is 4.74 Å². The molecule has 220 valence electrons. The molecule has 40 heavy (non-hydrogen) atoms. The minimum atomic E-state index is -5.12. The summed E-state index contributed by atoms with van der Waals surface area (Å²) in [6.07, 6.45) is -17.8. The lowest BCUT2D eigenvalue weighted by Gasteiger charge is -2.49. The maximum atomic E-state index is 13.6. The number of carbonyl (C=O) groups is 2. The molecule has 1 aliphatic rings. The summed E-state index contributed by atoms with van der Waals surface area (Å²) in [5.74, 6) is -1.82. The van der Waals surface area contributed by atoms with E-state index in [0.717, 1.165) is 24.0 Å². The van der Waals surface area contributed by atoms with Gasteiger partial charge in [-0.3, -0.25) is 9.69 Å². The van der Waals surface area contributed by atoms with E-state index in [1.54, 1.807) is 0 Å². The van der Waals surface area contributed by atoms with Crippen molar-refractivity contribution in [3.8, 4) is 0 Å². The number of Topliss-reactive ketones (excluding diaryl/α,β-unsaturated/α-hetero) is 1. The van der Waals surface area contributed by atoms with Crippen molar-refractivity contribution in [3.05, 3.63) is 64.2 Å². The summed E-state index contributed by atoms with van der Waals surface area (Å²) in [5, 5.41) is 0. The van der Waals surface area contributed by atoms with E-state index in [1.165, 1.54) is 20.8 Å². The van der Waals surface area contributed by atoms with Crippen LogP contribution in [0.1, 0.15) is 74.3 Å². The fraction of sp³-hybridized carbons (Fsp3) is 0.481. The molecule has 0 aliphatic carbocycles. The number of carbonyl (C=O) groups excluding carboxylic acids is 2. The van der Waals surface area contributed by atoms with Crippen LogP contribution in [0, 0.1) is 0 Å². The van der Waals surface area contributed by atoms with Gasteiger partial charge < -0.3 is 4.74 Å². The maximum Gasteiger partial charge on any atom is 0.416 e. The number of benzene rings is 2. The molecule has 0 unspecified atom stereocenters. The highest BCUT2D eigenvalue weighted by Crippen LogP contribution is 2.49. The van der Waals surface area contributed by atoms with Gasteiger partial charge in [-0.15, -0.1) is 0 Å². The molecule has 0 fully saturated rings. The first-order valence-corrected chi connectivity index (χ1v) is 12.2. The average Bonchev–Trinajstić information content (AvgIpc) is 2.80. The Kier molecular flexibility index (Phi) is 8.31. The van der Waals surface area contributed by atoms with Crippen LogP contribution in [0.25, 0.3) is 0 Å². The SMILES string of the molecule is CC[C@]1(Cc2cc(C(F)(F)F)cc(C(F)(F)F)c2)C[C@H](C(C)=O)c2cc(C(F)(F)F)ccc2N1C(=O)OC(C)C. The molecule has 0 spiro atoms. The van der Waals surface area contributed by atoms with Crippen LogP contribution in [0.5, 0.6) is 0 Å². The number of anilines is 1. The molecule has 2 aromatic carbocycles. The van der Waals surface area contributed by atoms with Gasteiger partial charge in [0, 0.05) is 5.92 Å². The Morgan fingerprint density at radius 2 is 1.43 bits per heavy atom. The fourth-order valence-electron chi connectivity index (χ4n) is 5.04. The van der Waals surface area contributed by atoms with Crippen LogP contribution in [0.15, 0.2) is 36.4 Å². The van der Waals surface area contributed by atoms with Crippen molar-refractivity contribution in [3.63, 3.8) is 0 Å². The van der Waals surface area contributed by atoms with E-state index < -0.39 is 76.6 Å². The summed E-state index contributed by atoms with van der Waals surface area (Å²) in [7, 11) is 0. The van der Waals surface area contributed by atoms with E-state index in [0.29, 0.717) is 18.2 Å². The van der Waals surface area contributed by atoms with Gasteiger partial charge in [0.05, 0.1) is 34.0 Å². The zero-order valence-electron chi connectivity index (χ0n) is 21.8. The van der Waals surface area contributed by atoms with Crippen molar-refractivity contribution < 1.29 is 53.8 Å². The van der Waals surface area contributed by atoms with Crippen LogP contribution in [0.4, 0.5) is 50.0 Å². The van der Waals surface area contributed by atoms with Crippen LogP contribution in [0.3, 0.4) is 0 Å². The predicted octanol–water partition coefficient (Wildman–Crippen LogP) is 8.56. The summed E-state index contributed by atoms with van der Waals surface area (Å²) in [6.45, 7) is 5.61. The number of halogens is 9. The minimum Gasteiger partial charge on any atom is -0.446 e. The normalized spacial score (nSPS) is 19.9. The number of hydrogen-bond donors (Lipinski definition) is 0. The minimum absolute atomic E-state index is 0.0277. The van der Waals surface area contributed by atoms with Gasteiger partial charge in [0.25, 0.3) is 0 Å². The number of ether oxygens (including phenoxy) is 1. The lowest BCUT2D eigenvalue weighted by atomic mass is 9.71. The highest BCUT2D eigenvalue weighted by molar-refractivity contribution is 5.95. The van der Waals surface area contributed by atoms with Crippen molar-refractivity contribution in [2.75, 3.05) is 4.90 Å². The van der Waals surface area contributed by atoms with E-state index in [9.17, 15) is 49.1 Å². The first-order chi connectivity index (χ1) is 18.2. The molecule has 1 amide bonds. The van der Waals surface area contributed by atoms with Crippen LogP contribution in [-0.2, 0) is 34.5 Å². The van der Waals surface area contributed by atoms with Gasteiger partial charge in [-0.1, -0.05) is 6.92 Å². The molecule has 13 heteroatoms. The zero-order chi connectivity index (χ0) is 30.4. The van der Waals surface area contributed by atoms with Crippen molar-refractivity contribution in [2.45, 2.75) is 83.0 Å². The van der Waals surface area contributed by atoms with Crippen LogP contribution in [-0.4, -0.2) is 23.5 Å². The largest absolute Gasteiger partial charge is 0.446 e. The maximum absolute atomic E-state index is 13.6. The molecule has 3 rings (SSSR count). The van der Waals surface area contributed by atoms with Gasteiger partial charge >= 0.3 is 24.6 Å². The number of alkyl halides is 9. The monoisotopic (exact) mass is 583 g/mol. The predicted molar refractivity (Wildman–Crippen MR) is 127 cm³/mol. The third-order valence-corrected chi connectivity index (χ3v) is 6.88. The number of nitrogens with zero attached hydrogens (tertiary/aromatic N) is 1. The van der Waals surface area contributed by atoms with Gasteiger partial charge in [-0.25, -0.2) is 4.79 Å². The van der Waals surface area contributed by atoms with Gasteiger partial charge in [0.15, 0.2) is 0 Å². The standard InChI is InChI=1S/C27H26F9NO3/c1-5-24(12-16-8-18(26(31,32)33)10-19(9-16)27(34,35)36)13-21(15(4)38)20-11-17(25(28,29)30)6-7-22(20)37(24)23(39)40-14(2)3/h6-11,14,21H,5,12-13H2,1-4H3/t21-,24+/m1/s1. The second-order valence-electron chi connectivity index (χ2n) is 10.1. The molecule has 0 saturated carbocycles. The zero-order valence-corrected chi connectivity index (χ0v) is 21.8. The average molecular weight is 583 g/mol. The lowest BCUT2D eigenvalue weighted by molar-refractivity contribution is -0.143. The Labute approximate surface area is 224 Å². The molecule has 0 radical (unpaired) electrons. The highest BCUT2D eigenvalue weighted by Gasteiger charge is 2.50. The molecule has 0 saturated heterocycles. The fourth-order valence-corrected chi connectivity index (χ4v) is 5.04. The van der Waals surface area contributed by atoms with E-state index >= 15 is 0 Å². The van der Waals surface area contributed by atoms with Crippen molar-refractivity contribution in [1.82, 2.24) is 0 Å². The molecule has 1 heterocycles. The summed E-state index contributed by atoms with van der Waals surface area (Å²) >= 11 is 0. The molecular formula is C27H26F9NO3. The van der Waals surface area contributed by atoms with Gasteiger partial charge in [-0.05, 0) is 87.6 Å². The second kappa shape index (κ2) is 10.6. The number of rotatable bonds is 5. The quantitative estimate of drug-likeness (QED) is 0.332. The van der Waals surface area contributed by atoms with Crippen molar-refractivity contribution >= 4 is 17.6 Å². The van der Waals surface area contributed by atoms with Crippen molar-refractivity contribution in [2.24, 2.45) is 0 Å². The Balaban J connectivity index is 2.30. The number of fused-ring (bicyclic) bond motifs is 1. The topological polar surface area (TPSA) is 46.6 Å². The third-order valence-electron chi connectivity index (χ3n) is 6.88. The van der Waals surface area contributed by atoms with Crippen LogP contribution >= 0.6 is 0 Å². The first-order valence-electron chi connectivity index (χ1n) is 12.2. The molecule has 1 aliphatic heterocycles. The van der Waals surface area contributed by atoms with Gasteiger partial charge in [-0.2, -0.15) is 39.5 Å². The third kappa shape index (κ3) is 6.38. The van der Waals surface area contributed by atoms with Crippen LogP contribution in [0.2, 0.25) is 0 Å². The Hall–Kier alpha value is -3.25. The first kappa shape index (κ1) is 31.3. The second-order valence-corrected chi connectivity index (χ2v) is 10.1. The molecule has 0 aromatic heterocycles. The summed E-state index contributed by atoms with van der Waals surface area (Å²) in [5.41, 5.74) is -6.55. The molecule has 0 N–H and O–H groups in total. The summed E-state index contributed by atoms with van der Waals surface area (Å²) in [4.78, 5) is 27.0. The molecule has 0 bridgehead atoms. The van der Waals surface area contributed by atoms with E-state index in [-0.39, 0.29) is 30.2 Å². The van der Waals surface area contributed by atoms with E-state index in [1.807, 2.05) is 0 Å². The molecular weight excluding hydrogens is 557 g/mol.